The minimum atomic E-state index is -0.237. The first kappa shape index (κ1) is 11.8. The van der Waals surface area contributed by atoms with Crippen molar-refractivity contribution in [2.75, 3.05) is 0 Å². The standard InChI is InChI=1S/C14H15ClN2O/c15-11-3-1-2-10(6-11)7-12-9-17-5-4-13(18)8-14(17)16-12/h1-3,6,9,13,18H,4-5,7-8H2. The molecule has 2 aromatic rings. The summed E-state index contributed by atoms with van der Waals surface area (Å²) < 4.78 is 2.15. The lowest BCUT2D eigenvalue weighted by atomic mass is 10.1. The fraction of sp³-hybridized carbons (Fsp3) is 0.357. The van der Waals surface area contributed by atoms with Gasteiger partial charge in [-0.2, -0.15) is 0 Å². The third-order valence-corrected chi connectivity index (χ3v) is 3.54. The van der Waals surface area contributed by atoms with Crippen molar-refractivity contribution in [3.8, 4) is 0 Å². The second-order valence-corrected chi connectivity index (χ2v) is 5.23. The first-order valence-corrected chi connectivity index (χ1v) is 6.56. The Morgan fingerprint density at radius 2 is 2.33 bits per heavy atom. The van der Waals surface area contributed by atoms with E-state index in [1.165, 1.54) is 5.56 Å². The zero-order chi connectivity index (χ0) is 12.5. The molecule has 1 aliphatic rings. The number of hydrogen-bond acceptors (Lipinski definition) is 2. The molecule has 0 bridgehead atoms. The zero-order valence-corrected chi connectivity index (χ0v) is 10.8. The molecule has 3 nitrogen and oxygen atoms in total. The summed E-state index contributed by atoms with van der Waals surface area (Å²) in [6.07, 6.45) is 4.12. The Morgan fingerprint density at radius 3 is 3.17 bits per heavy atom. The molecule has 0 spiro atoms. The lowest BCUT2D eigenvalue weighted by Gasteiger charge is -2.18. The smallest absolute Gasteiger partial charge is 0.111 e. The lowest BCUT2D eigenvalue weighted by Crippen LogP contribution is -2.22. The molecule has 4 heteroatoms. The summed E-state index contributed by atoms with van der Waals surface area (Å²) in [6, 6.07) is 7.85. The maximum atomic E-state index is 9.62. The van der Waals surface area contributed by atoms with Crippen LogP contribution in [0.5, 0.6) is 0 Å². The topological polar surface area (TPSA) is 38.0 Å². The number of aliphatic hydroxyl groups is 1. The monoisotopic (exact) mass is 262 g/mol. The van der Waals surface area contributed by atoms with Crippen molar-refractivity contribution in [2.45, 2.75) is 31.9 Å². The quantitative estimate of drug-likeness (QED) is 0.903. The molecule has 1 atom stereocenters. The van der Waals surface area contributed by atoms with Gasteiger partial charge in [0.15, 0.2) is 0 Å². The number of nitrogens with zero attached hydrogens (tertiary/aromatic N) is 2. The van der Waals surface area contributed by atoms with Crippen LogP contribution in [0.4, 0.5) is 0 Å². The molecule has 0 aliphatic carbocycles. The van der Waals surface area contributed by atoms with Crippen molar-refractivity contribution in [2.24, 2.45) is 0 Å². The number of aliphatic hydroxyl groups excluding tert-OH is 1. The summed E-state index contributed by atoms with van der Waals surface area (Å²) in [5.74, 6) is 0.991. The van der Waals surface area contributed by atoms with Crippen molar-refractivity contribution >= 4 is 11.6 Å². The molecular weight excluding hydrogens is 248 g/mol. The first-order valence-electron chi connectivity index (χ1n) is 6.18. The van der Waals surface area contributed by atoms with Gasteiger partial charge in [0.1, 0.15) is 5.82 Å². The van der Waals surface area contributed by atoms with E-state index in [1.807, 2.05) is 18.2 Å². The zero-order valence-electron chi connectivity index (χ0n) is 10.0. The third-order valence-electron chi connectivity index (χ3n) is 3.30. The van der Waals surface area contributed by atoms with Crippen LogP contribution >= 0.6 is 11.6 Å². The van der Waals surface area contributed by atoms with E-state index in [9.17, 15) is 5.11 Å². The van der Waals surface area contributed by atoms with Gasteiger partial charge in [-0.3, -0.25) is 0 Å². The fourth-order valence-electron chi connectivity index (χ4n) is 2.41. The van der Waals surface area contributed by atoms with E-state index in [0.29, 0.717) is 6.42 Å². The van der Waals surface area contributed by atoms with Gasteiger partial charge in [0.2, 0.25) is 0 Å². The molecule has 1 aliphatic heterocycles. The molecule has 3 rings (SSSR count). The van der Waals surface area contributed by atoms with Crippen LogP contribution in [0.25, 0.3) is 0 Å². The Bertz CT molecular complexity index is 565. The molecule has 0 saturated carbocycles. The van der Waals surface area contributed by atoms with Crippen LogP contribution in [0.2, 0.25) is 5.02 Å². The van der Waals surface area contributed by atoms with Gasteiger partial charge in [0, 0.05) is 30.6 Å². The Morgan fingerprint density at radius 1 is 1.44 bits per heavy atom. The number of benzene rings is 1. The highest BCUT2D eigenvalue weighted by Gasteiger charge is 2.18. The Balaban J connectivity index is 1.82. The van der Waals surface area contributed by atoms with Gasteiger partial charge in [-0.1, -0.05) is 23.7 Å². The van der Waals surface area contributed by atoms with Crippen molar-refractivity contribution in [3.63, 3.8) is 0 Å². The second-order valence-electron chi connectivity index (χ2n) is 4.80. The molecule has 1 aromatic heterocycles. The Labute approximate surface area is 111 Å². The predicted molar refractivity (Wildman–Crippen MR) is 70.8 cm³/mol. The summed E-state index contributed by atoms with van der Waals surface area (Å²) in [5, 5.41) is 10.4. The van der Waals surface area contributed by atoms with Crippen molar-refractivity contribution < 1.29 is 5.11 Å². The highest BCUT2D eigenvalue weighted by Crippen LogP contribution is 2.18. The van der Waals surface area contributed by atoms with E-state index in [0.717, 1.165) is 35.9 Å². The molecule has 18 heavy (non-hydrogen) atoms. The van der Waals surface area contributed by atoms with E-state index in [-0.39, 0.29) is 6.10 Å². The van der Waals surface area contributed by atoms with E-state index in [2.05, 4.69) is 21.8 Å². The number of aromatic nitrogens is 2. The SMILES string of the molecule is OC1CCn2cc(Cc3cccc(Cl)c3)nc2C1. The molecule has 1 aromatic carbocycles. The molecule has 1 N–H and O–H groups in total. The number of rotatable bonds is 2. The minimum Gasteiger partial charge on any atom is -0.393 e. The normalized spacial score (nSPS) is 18.7. The number of fused-ring (bicyclic) bond motifs is 1. The molecule has 94 valence electrons. The van der Waals surface area contributed by atoms with Crippen LogP contribution in [0.1, 0.15) is 23.5 Å². The summed E-state index contributed by atoms with van der Waals surface area (Å²) >= 11 is 5.97. The van der Waals surface area contributed by atoms with E-state index in [4.69, 9.17) is 11.6 Å². The van der Waals surface area contributed by atoms with Crippen LogP contribution in [0, 0.1) is 0 Å². The maximum absolute atomic E-state index is 9.62. The van der Waals surface area contributed by atoms with Crippen LogP contribution in [-0.2, 0) is 19.4 Å². The summed E-state index contributed by atoms with van der Waals surface area (Å²) in [5.41, 5.74) is 2.21. The molecule has 0 saturated heterocycles. The van der Waals surface area contributed by atoms with Gasteiger partial charge in [-0.15, -0.1) is 0 Å². The molecule has 1 unspecified atom stereocenters. The van der Waals surface area contributed by atoms with Crippen molar-refractivity contribution in [3.05, 3.63) is 52.6 Å². The number of aryl methyl sites for hydroxylation is 1. The van der Waals surface area contributed by atoms with Gasteiger partial charge in [-0.05, 0) is 24.1 Å². The van der Waals surface area contributed by atoms with Gasteiger partial charge in [0.25, 0.3) is 0 Å². The fourth-order valence-corrected chi connectivity index (χ4v) is 2.62. The highest BCUT2D eigenvalue weighted by molar-refractivity contribution is 6.30. The molecule has 0 radical (unpaired) electrons. The van der Waals surface area contributed by atoms with Gasteiger partial charge in [-0.25, -0.2) is 4.98 Å². The number of halogens is 1. The van der Waals surface area contributed by atoms with Gasteiger partial charge < -0.3 is 9.67 Å². The van der Waals surface area contributed by atoms with Crippen molar-refractivity contribution in [1.82, 2.24) is 9.55 Å². The molecule has 0 fully saturated rings. The first-order chi connectivity index (χ1) is 8.70. The third kappa shape index (κ3) is 2.42. The number of imidazole rings is 1. The lowest BCUT2D eigenvalue weighted by molar-refractivity contribution is 0.141. The number of hydrogen-bond donors (Lipinski definition) is 1. The highest BCUT2D eigenvalue weighted by atomic mass is 35.5. The van der Waals surface area contributed by atoms with Crippen LogP contribution in [-0.4, -0.2) is 20.8 Å². The molecular formula is C14H15ClN2O. The van der Waals surface area contributed by atoms with Gasteiger partial charge >= 0.3 is 0 Å². The summed E-state index contributed by atoms with van der Waals surface area (Å²) in [7, 11) is 0. The van der Waals surface area contributed by atoms with Crippen LogP contribution in [0.3, 0.4) is 0 Å². The van der Waals surface area contributed by atoms with E-state index >= 15 is 0 Å². The average Bonchev–Trinajstić information content (AvgIpc) is 2.70. The van der Waals surface area contributed by atoms with Gasteiger partial charge in [0.05, 0.1) is 11.8 Å². The Hall–Kier alpha value is -1.32. The predicted octanol–water partition coefficient (Wildman–Crippen LogP) is 2.43. The minimum absolute atomic E-state index is 0.237. The largest absolute Gasteiger partial charge is 0.393 e. The van der Waals surface area contributed by atoms with Crippen molar-refractivity contribution in [1.29, 1.82) is 0 Å². The summed E-state index contributed by atoms with van der Waals surface area (Å²) in [6.45, 7) is 0.860. The van der Waals surface area contributed by atoms with E-state index < -0.39 is 0 Å². The Kier molecular flexibility index (Phi) is 3.10. The van der Waals surface area contributed by atoms with E-state index in [1.54, 1.807) is 0 Å². The van der Waals surface area contributed by atoms with Crippen LogP contribution in [0.15, 0.2) is 30.5 Å². The average molecular weight is 263 g/mol. The maximum Gasteiger partial charge on any atom is 0.111 e. The molecule has 0 amide bonds. The molecule has 2 heterocycles. The summed E-state index contributed by atoms with van der Waals surface area (Å²) in [4.78, 5) is 4.59. The second kappa shape index (κ2) is 4.75. The van der Waals surface area contributed by atoms with Crippen LogP contribution < -0.4 is 0 Å².